The lowest BCUT2D eigenvalue weighted by molar-refractivity contribution is 0.115. The molecule has 2 fully saturated rings. The van der Waals surface area contributed by atoms with Gasteiger partial charge in [0.2, 0.25) is 0 Å². The zero-order chi connectivity index (χ0) is 13.8. The first-order valence-corrected chi connectivity index (χ1v) is 7.89. The van der Waals surface area contributed by atoms with Crippen LogP contribution in [0.15, 0.2) is 18.5 Å². The van der Waals surface area contributed by atoms with Crippen LogP contribution >= 0.6 is 0 Å². The summed E-state index contributed by atoms with van der Waals surface area (Å²) in [6.07, 6.45) is 9.34. The number of hydrogen-bond acceptors (Lipinski definition) is 4. The van der Waals surface area contributed by atoms with Crippen LogP contribution in [0.5, 0.6) is 0 Å². The second-order valence-electron chi connectivity index (χ2n) is 5.83. The minimum Gasteiger partial charge on any atom is -0.376 e. The van der Waals surface area contributed by atoms with Crippen LogP contribution in [0.1, 0.15) is 38.2 Å². The summed E-state index contributed by atoms with van der Waals surface area (Å²) in [4.78, 5) is 6.73. The van der Waals surface area contributed by atoms with Crippen LogP contribution in [0, 0.1) is 0 Å². The van der Waals surface area contributed by atoms with E-state index in [9.17, 15) is 0 Å². The molecule has 1 aromatic rings. The minimum absolute atomic E-state index is 0.396. The highest BCUT2D eigenvalue weighted by molar-refractivity contribution is 5.52. The lowest BCUT2D eigenvalue weighted by Gasteiger charge is -2.28. The summed E-state index contributed by atoms with van der Waals surface area (Å²) in [6, 6.07) is 2.87. The standard InChI is InChI=1S/C16H25N3O/c1-2-19(12-15-4-3-9-20-15)16-7-8-17-10-13(16)11-18-14-5-6-14/h7-8,10,14-15,18H,2-6,9,11-12H2,1H3. The first kappa shape index (κ1) is 13.8. The van der Waals surface area contributed by atoms with Crippen LogP contribution < -0.4 is 10.2 Å². The fourth-order valence-electron chi connectivity index (χ4n) is 2.84. The molecule has 1 N–H and O–H groups in total. The Balaban J connectivity index is 1.67. The summed E-state index contributed by atoms with van der Waals surface area (Å²) < 4.78 is 5.78. The Labute approximate surface area is 121 Å². The molecule has 4 nitrogen and oxygen atoms in total. The number of nitrogens with zero attached hydrogens (tertiary/aromatic N) is 2. The smallest absolute Gasteiger partial charge is 0.0750 e. The van der Waals surface area contributed by atoms with E-state index in [1.54, 1.807) is 0 Å². The minimum atomic E-state index is 0.396. The number of nitrogens with one attached hydrogen (secondary N) is 1. The molecule has 1 aliphatic carbocycles. The maximum Gasteiger partial charge on any atom is 0.0750 e. The molecule has 1 unspecified atom stereocenters. The molecule has 0 amide bonds. The molecule has 1 saturated heterocycles. The van der Waals surface area contributed by atoms with E-state index in [4.69, 9.17) is 4.74 Å². The highest BCUT2D eigenvalue weighted by Gasteiger charge is 2.22. The van der Waals surface area contributed by atoms with E-state index < -0.39 is 0 Å². The van der Waals surface area contributed by atoms with Crippen molar-refractivity contribution in [2.45, 2.75) is 51.3 Å². The van der Waals surface area contributed by atoms with Crippen LogP contribution in [-0.4, -0.2) is 36.8 Å². The number of likely N-dealkylation sites (N-methyl/N-ethyl adjacent to an activating group) is 1. The van der Waals surface area contributed by atoms with Gasteiger partial charge in [0.05, 0.1) is 6.10 Å². The average Bonchev–Trinajstić information content (AvgIpc) is 3.18. The zero-order valence-electron chi connectivity index (χ0n) is 12.3. The number of anilines is 1. The molecule has 0 radical (unpaired) electrons. The summed E-state index contributed by atoms with van der Waals surface area (Å²) in [5.74, 6) is 0. The SMILES string of the molecule is CCN(CC1CCCO1)c1ccncc1CNC1CC1. The number of ether oxygens (including phenoxy) is 1. The predicted octanol–water partition coefficient (Wildman–Crippen LogP) is 2.34. The second-order valence-corrected chi connectivity index (χ2v) is 5.83. The molecule has 0 spiro atoms. The first-order valence-electron chi connectivity index (χ1n) is 7.89. The molecule has 1 aliphatic heterocycles. The maximum absolute atomic E-state index is 5.78. The zero-order valence-corrected chi connectivity index (χ0v) is 12.3. The van der Waals surface area contributed by atoms with E-state index in [2.05, 4.69) is 28.2 Å². The van der Waals surface area contributed by atoms with E-state index in [1.807, 2.05) is 12.4 Å². The molecule has 4 heteroatoms. The highest BCUT2D eigenvalue weighted by Crippen LogP contribution is 2.24. The quantitative estimate of drug-likeness (QED) is 0.829. The summed E-state index contributed by atoms with van der Waals surface area (Å²) >= 11 is 0. The second kappa shape index (κ2) is 6.55. The topological polar surface area (TPSA) is 37.4 Å². The third-order valence-corrected chi connectivity index (χ3v) is 4.21. The van der Waals surface area contributed by atoms with Crippen LogP contribution in [-0.2, 0) is 11.3 Å². The van der Waals surface area contributed by atoms with E-state index in [0.717, 1.165) is 32.3 Å². The van der Waals surface area contributed by atoms with Crippen molar-refractivity contribution in [1.82, 2.24) is 10.3 Å². The van der Waals surface area contributed by atoms with Gasteiger partial charge in [-0.3, -0.25) is 4.98 Å². The summed E-state index contributed by atoms with van der Waals surface area (Å²) in [6.45, 7) is 6.08. The van der Waals surface area contributed by atoms with Gasteiger partial charge in [0.25, 0.3) is 0 Å². The van der Waals surface area contributed by atoms with Gasteiger partial charge in [0.1, 0.15) is 0 Å². The van der Waals surface area contributed by atoms with Gasteiger partial charge < -0.3 is 15.0 Å². The Kier molecular flexibility index (Phi) is 4.53. The molecular formula is C16H25N3O. The van der Waals surface area contributed by atoms with Gasteiger partial charge in [-0.2, -0.15) is 0 Å². The summed E-state index contributed by atoms with van der Waals surface area (Å²) in [5.41, 5.74) is 2.62. The van der Waals surface area contributed by atoms with Gasteiger partial charge in [-0.15, -0.1) is 0 Å². The van der Waals surface area contributed by atoms with E-state index in [0.29, 0.717) is 6.10 Å². The third-order valence-electron chi connectivity index (χ3n) is 4.21. The Morgan fingerprint density at radius 3 is 3.00 bits per heavy atom. The van der Waals surface area contributed by atoms with Crippen LogP contribution in [0.25, 0.3) is 0 Å². The van der Waals surface area contributed by atoms with Gasteiger partial charge >= 0.3 is 0 Å². The Morgan fingerprint density at radius 2 is 2.30 bits per heavy atom. The van der Waals surface area contributed by atoms with Crippen LogP contribution in [0.4, 0.5) is 5.69 Å². The van der Waals surface area contributed by atoms with Crippen molar-refractivity contribution in [3.05, 3.63) is 24.0 Å². The van der Waals surface area contributed by atoms with Crippen LogP contribution in [0.2, 0.25) is 0 Å². The Hall–Kier alpha value is -1.13. The maximum atomic E-state index is 5.78. The molecule has 2 heterocycles. The van der Waals surface area contributed by atoms with Gasteiger partial charge in [-0.1, -0.05) is 0 Å². The van der Waals surface area contributed by atoms with Crippen molar-refractivity contribution < 1.29 is 4.74 Å². The van der Waals surface area contributed by atoms with Crippen molar-refractivity contribution in [3.8, 4) is 0 Å². The van der Waals surface area contributed by atoms with Crippen molar-refractivity contribution in [2.24, 2.45) is 0 Å². The van der Waals surface area contributed by atoms with Gasteiger partial charge in [0.15, 0.2) is 0 Å². The van der Waals surface area contributed by atoms with E-state index in [1.165, 1.54) is 36.9 Å². The molecular weight excluding hydrogens is 250 g/mol. The normalized spacial score (nSPS) is 22.1. The largest absolute Gasteiger partial charge is 0.376 e. The summed E-state index contributed by atoms with van der Waals surface area (Å²) in [5, 5.41) is 3.59. The molecule has 20 heavy (non-hydrogen) atoms. The number of pyridine rings is 1. The molecule has 0 bridgehead atoms. The predicted molar refractivity (Wildman–Crippen MR) is 81.0 cm³/mol. The first-order chi connectivity index (χ1) is 9.86. The highest BCUT2D eigenvalue weighted by atomic mass is 16.5. The van der Waals surface area contributed by atoms with Gasteiger partial charge in [0, 0.05) is 55.9 Å². The van der Waals surface area contributed by atoms with Crippen molar-refractivity contribution >= 4 is 5.69 Å². The molecule has 1 aromatic heterocycles. The van der Waals surface area contributed by atoms with Crippen molar-refractivity contribution in [1.29, 1.82) is 0 Å². The molecule has 2 aliphatic rings. The number of aromatic nitrogens is 1. The number of rotatable bonds is 7. The Morgan fingerprint density at radius 1 is 1.40 bits per heavy atom. The van der Waals surface area contributed by atoms with Crippen molar-refractivity contribution in [3.63, 3.8) is 0 Å². The average molecular weight is 275 g/mol. The fourth-order valence-corrected chi connectivity index (χ4v) is 2.84. The van der Waals surface area contributed by atoms with Crippen LogP contribution in [0.3, 0.4) is 0 Å². The number of hydrogen-bond donors (Lipinski definition) is 1. The fraction of sp³-hybridized carbons (Fsp3) is 0.688. The van der Waals surface area contributed by atoms with E-state index >= 15 is 0 Å². The molecule has 1 atom stereocenters. The summed E-state index contributed by atoms with van der Waals surface area (Å²) in [7, 11) is 0. The molecule has 1 saturated carbocycles. The molecule has 110 valence electrons. The Bertz CT molecular complexity index is 427. The van der Waals surface area contributed by atoms with Crippen molar-refractivity contribution in [2.75, 3.05) is 24.6 Å². The lowest BCUT2D eigenvalue weighted by Crippen LogP contribution is -2.33. The lowest BCUT2D eigenvalue weighted by atomic mass is 10.1. The van der Waals surface area contributed by atoms with Gasteiger partial charge in [-0.25, -0.2) is 0 Å². The molecule has 0 aromatic carbocycles. The molecule has 3 rings (SSSR count). The van der Waals surface area contributed by atoms with Gasteiger partial charge in [-0.05, 0) is 38.7 Å². The monoisotopic (exact) mass is 275 g/mol. The third kappa shape index (κ3) is 3.49. The van der Waals surface area contributed by atoms with E-state index in [-0.39, 0.29) is 0 Å².